The van der Waals surface area contributed by atoms with Gasteiger partial charge in [-0.3, -0.25) is 4.79 Å². The van der Waals surface area contributed by atoms with E-state index in [1.54, 1.807) is 12.4 Å². The van der Waals surface area contributed by atoms with Crippen LogP contribution >= 0.6 is 0 Å². The second-order valence-electron chi connectivity index (χ2n) is 7.13. The molecule has 0 radical (unpaired) electrons. The Hall–Kier alpha value is -3.06. The molecule has 1 aliphatic heterocycles. The summed E-state index contributed by atoms with van der Waals surface area (Å²) < 4.78 is 5.60. The number of nitrogens with one attached hydrogen (secondary N) is 1. The number of carbonyl (C=O) groups excluding carboxylic acids is 1. The van der Waals surface area contributed by atoms with Crippen molar-refractivity contribution in [1.29, 1.82) is 0 Å². The molecule has 1 unspecified atom stereocenters. The minimum absolute atomic E-state index is 0.203. The average Bonchev–Trinajstić information content (AvgIpc) is 3.19. The van der Waals surface area contributed by atoms with Gasteiger partial charge in [0, 0.05) is 36.5 Å². The summed E-state index contributed by atoms with van der Waals surface area (Å²) >= 11 is 0. The van der Waals surface area contributed by atoms with Gasteiger partial charge in [0.2, 0.25) is 11.9 Å². The third-order valence-corrected chi connectivity index (χ3v) is 4.92. The summed E-state index contributed by atoms with van der Waals surface area (Å²) in [6.07, 6.45) is 6.17. The van der Waals surface area contributed by atoms with Gasteiger partial charge in [-0.25, -0.2) is 15.0 Å². The van der Waals surface area contributed by atoms with Gasteiger partial charge in [-0.05, 0) is 43.0 Å². The lowest BCUT2D eigenvalue weighted by Crippen LogP contribution is -2.19. The molecule has 7 nitrogen and oxygen atoms in total. The molecule has 2 aromatic heterocycles. The zero-order chi connectivity index (χ0) is 19.5. The molecular formula is C21H23N5O2. The summed E-state index contributed by atoms with van der Waals surface area (Å²) in [7, 11) is 0. The summed E-state index contributed by atoms with van der Waals surface area (Å²) in [4.78, 5) is 24.7. The number of nitrogens with zero attached hydrogens (tertiary/aromatic N) is 3. The average molecular weight is 377 g/mol. The molecule has 1 saturated heterocycles. The van der Waals surface area contributed by atoms with E-state index in [-0.39, 0.29) is 18.4 Å². The lowest BCUT2D eigenvalue weighted by atomic mass is 10.0. The van der Waals surface area contributed by atoms with Crippen molar-refractivity contribution in [2.45, 2.75) is 32.3 Å². The van der Waals surface area contributed by atoms with Crippen LogP contribution in [0.5, 0.6) is 0 Å². The Morgan fingerprint density at radius 1 is 1.29 bits per heavy atom. The molecule has 144 valence electrons. The summed E-state index contributed by atoms with van der Waals surface area (Å²) in [5.41, 5.74) is 9.73. The van der Waals surface area contributed by atoms with Crippen LogP contribution in [0.1, 0.15) is 24.0 Å². The number of fused-ring (bicyclic) bond motifs is 1. The molecule has 3 aromatic rings. The van der Waals surface area contributed by atoms with E-state index < -0.39 is 0 Å². The number of hydrogen-bond acceptors (Lipinski definition) is 6. The Morgan fingerprint density at radius 3 is 2.82 bits per heavy atom. The number of hydrogen-bond donors (Lipinski definition) is 2. The summed E-state index contributed by atoms with van der Waals surface area (Å²) in [5, 5.41) is 4.27. The molecular weight excluding hydrogens is 354 g/mol. The fourth-order valence-corrected chi connectivity index (χ4v) is 3.47. The zero-order valence-electron chi connectivity index (χ0n) is 15.8. The topological polar surface area (TPSA) is 103 Å². The van der Waals surface area contributed by atoms with Gasteiger partial charge in [-0.2, -0.15) is 0 Å². The van der Waals surface area contributed by atoms with E-state index >= 15 is 0 Å². The minimum atomic E-state index is -0.355. The second-order valence-corrected chi connectivity index (χ2v) is 7.13. The van der Waals surface area contributed by atoms with Crippen molar-refractivity contribution in [1.82, 2.24) is 15.0 Å². The first-order chi connectivity index (χ1) is 13.6. The van der Waals surface area contributed by atoms with Gasteiger partial charge in [0.05, 0.1) is 23.7 Å². The van der Waals surface area contributed by atoms with Crippen LogP contribution in [0.2, 0.25) is 0 Å². The number of carbonyl (C=O) groups is 1. The van der Waals surface area contributed by atoms with Gasteiger partial charge in [-0.15, -0.1) is 0 Å². The predicted octanol–water partition coefficient (Wildman–Crippen LogP) is 2.62. The maximum absolute atomic E-state index is 11.2. The van der Waals surface area contributed by atoms with Crippen molar-refractivity contribution in [3.05, 3.63) is 47.8 Å². The molecule has 3 heterocycles. The summed E-state index contributed by atoms with van der Waals surface area (Å²) in [6, 6.07) is 7.83. The molecule has 0 saturated carbocycles. The SMILES string of the molecule is Cc1cc(-c2cnc(NCC3CCCO3)nc2)nc2cc(CC(N)=O)ccc12. The fourth-order valence-electron chi connectivity index (χ4n) is 3.47. The van der Waals surface area contributed by atoms with E-state index in [2.05, 4.69) is 15.3 Å². The maximum atomic E-state index is 11.2. The Balaban J connectivity index is 1.56. The molecule has 0 spiro atoms. The van der Waals surface area contributed by atoms with E-state index in [4.69, 9.17) is 15.5 Å². The van der Waals surface area contributed by atoms with Crippen LogP contribution in [-0.2, 0) is 16.0 Å². The molecule has 1 aromatic carbocycles. The monoisotopic (exact) mass is 377 g/mol. The first-order valence-electron chi connectivity index (χ1n) is 9.45. The normalized spacial score (nSPS) is 16.4. The van der Waals surface area contributed by atoms with Gasteiger partial charge in [-0.1, -0.05) is 12.1 Å². The smallest absolute Gasteiger partial charge is 0.222 e. The Labute approximate surface area is 163 Å². The van der Waals surface area contributed by atoms with E-state index in [1.165, 1.54) is 0 Å². The van der Waals surface area contributed by atoms with Crippen molar-refractivity contribution in [2.24, 2.45) is 5.73 Å². The van der Waals surface area contributed by atoms with Gasteiger partial charge in [0.25, 0.3) is 0 Å². The highest BCUT2D eigenvalue weighted by Crippen LogP contribution is 2.25. The van der Waals surface area contributed by atoms with Gasteiger partial charge >= 0.3 is 0 Å². The number of ether oxygens (including phenoxy) is 1. The van der Waals surface area contributed by atoms with Gasteiger partial charge < -0.3 is 15.8 Å². The molecule has 0 bridgehead atoms. The van der Waals surface area contributed by atoms with Gasteiger partial charge in [0.1, 0.15) is 0 Å². The molecule has 1 atom stereocenters. The van der Waals surface area contributed by atoms with Crippen molar-refractivity contribution < 1.29 is 9.53 Å². The van der Waals surface area contributed by atoms with Crippen LogP contribution < -0.4 is 11.1 Å². The highest BCUT2D eigenvalue weighted by Gasteiger charge is 2.15. The first-order valence-corrected chi connectivity index (χ1v) is 9.45. The number of aryl methyl sites for hydroxylation is 1. The quantitative estimate of drug-likeness (QED) is 0.684. The molecule has 1 amide bonds. The third kappa shape index (κ3) is 4.09. The second kappa shape index (κ2) is 7.90. The molecule has 1 aliphatic rings. The number of anilines is 1. The predicted molar refractivity (Wildman–Crippen MR) is 108 cm³/mol. The van der Waals surface area contributed by atoms with Crippen LogP contribution in [0, 0.1) is 6.92 Å². The first kappa shape index (κ1) is 18.3. The van der Waals surface area contributed by atoms with Crippen LogP contribution in [-0.4, -0.2) is 40.1 Å². The Bertz CT molecular complexity index is 998. The number of benzene rings is 1. The number of nitrogens with two attached hydrogens (primary N) is 1. The van der Waals surface area contributed by atoms with E-state index in [0.29, 0.717) is 5.95 Å². The van der Waals surface area contributed by atoms with E-state index in [9.17, 15) is 4.79 Å². The Kier molecular flexibility index (Phi) is 5.16. The number of amides is 1. The molecule has 7 heteroatoms. The lowest BCUT2D eigenvalue weighted by molar-refractivity contribution is -0.117. The van der Waals surface area contributed by atoms with Crippen molar-refractivity contribution in [2.75, 3.05) is 18.5 Å². The third-order valence-electron chi connectivity index (χ3n) is 4.92. The highest BCUT2D eigenvalue weighted by molar-refractivity contribution is 5.86. The summed E-state index contributed by atoms with van der Waals surface area (Å²) in [5.74, 6) is 0.229. The molecule has 0 aliphatic carbocycles. The molecule has 3 N–H and O–H groups in total. The van der Waals surface area contributed by atoms with Crippen molar-refractivity contribution in [3.8, 4) is 11.3 Å². The van der Waals surface area contributed by atoms with Gasteiger partial charge in [0.15, 0.2) is 0 Å². The minimum Gasteiger partial charge on any atom is -0.376 e. The zero-order valence-corrected chi connectivity index (χ0v) is 15.8. The van der Waals surface area contributed by atoms with Crippen LogP contribution in [0.15, 0.2) is 36.7 Å². The van der Waals surface area contributed by atoms with Crippen LogP contribution in [0.4, 0.5) is 5.95 Å². The summed E-state index contributed by atoms with van der Waals surface area (Å²) in [6.45, 7) is 3.59. The fraction of sp³-hybridized carbons (Fsp3) is 0.333. The van der Waals surface area contributed by atoms with Crippen molar-refractivity contribution in [3.63, 3.8) is 0 Å². The van der Waals surface area contributed by atoms with Crippen LogP contribution in [0.3, 0.4) is 0 Å². The number of primary amides is 1. The molecule has 4 rings (SSSR count). The standard InChI is InChI=1S/C21H23N5O2/c1-13-7-18(26-19-8-14(9-20(22)27)4-5-17(13)19)15-10-23-21(24-11-15)25-12-16-3-2-6-28-16/h4-5,7-8,10-11,16H,2-3,6,9,12H2,1H3,(H2,22,27)(H,23,24,25). The van der Waals surface area contributed by atoms with Crippen LogP contribution in [0.25, 0.3) is 22.2 Å². The van der Waals surface area contributed by atoms with Crippen molar-refractivity contribution >= 4 is 22.8 Å². The Morgan fingerprint density at radius 2 is 2.11 bits per heavy atom. The number of aromatic nitrogens is 3. The van der Waals surface area contributed by atoms with E-state index in [1.807, 2.05) is 31.2 Å². The maximum Gasteiger partial charge on any atom is 0.222 e. The highest BCUT2D eigenvalue weighted by atomic mass is 16.5. The van der Waals surface area contributed by atoms with E-state index in [0.717, 1.165) is 59.3 Å². The number of rotatable bonds is 6. The largest absolute Gasteiger partial charge is 0.376 e. The number of pyridine rings is 1. The molecule has 28 heavy (non-hydrogen) atoms. The molecule has 1 fully saturated rings. The lowest BCUT2D eigenvalue weighted by Gasteiger charge is -2.11.